The average Bonchev–Trinajstić information content (AvgIpc) is 3.49. The number of aromatic nitrogens is 2. The molecule has 2 aliphatic rings. The van der Waals surface area contributed by atoms with Gasteiger partial charge in [0.15, 0.2) is 8.68 Å². The zero-order chi connectivity index (χ0) is 27.2. The molecule has 0 fully saturated rings. The summed E-state index contributed by atoms with van der Waals surface area (Å²) >= 11 is 6.96. The zero-order valence-corrected chi connectivity index (χ0v) is 25.2. The lowest BCUT2D eigenvalue weighted by atomic mass is 10.1. The molecule has 0 saturated carbocycles. The van der Waals surface area contributed by atoms with Gasteiger partial charge in [-0.1, -0.05) is 47.7 Å². The van der Waals surface area contributed by atoms with Gasteiger partial charge in [0.2, 0.25) is 11.8 Å². The highest BCUT2D eigenvalue weighted by atomic mass is 32.2. The Labute approximate surface area is 247 Å². The molecule has 202 valence electrons. The summed E-state index contributed by atoms with van der Waals surface area (Å²) in [5.74, 6) is -0.0425. The fourth-order valence-electron chi connectivity index (χ4n) is 4.79. The molecule has 13 heteroatoms. The number of amides is 2. The van der Waals surface area contributed by atoms with Gasteiger partial charge in [0.05, 0.1) is 22.6 Å². The van der Waals surface area contributed by atoms with Crippen molar-refractivity contribution in [1.29, 1.82) is 10.5 Å². The summed E-state index contributed by atoms with van der Waals surface area (Å²) in [4.78, 5) is 27.7. The molecule has 2 N–H and O–H groups in total. The SMILES string of the molecule is N#Cc1c(NC(=O)CSc2nnc(SCC(=O)Nc3sc4c(c3C#N)CCCCC4)s2)sc2c1CCCCC2. The second-order valence-electron chi connectivity index (χ2n) is 9.27. The van der Waals surface area contributed by atoms with Crippen LogP contribution in [0.1, 0.15) is 70.5 Å². The molecule has 0 radical (unpaired) electrons. The molecule has 0 spiro atoms. The first-order valence-corrected chi connectivity index (χ1v) is 17.3. The Balaban J connectivity index is 1.11. The summed E-state index contributed by atoms with van der Waals surface area (Å²) in [5, 5.41) is 34.8. The van der Waals surface area contributed by atoms with Crippen LogP contribution in [0.25, 0.3) is 0 Å². The molecular formula is C26H26N6O2S5. The number of hydrogen-bond donors (Lipinski definition) is 2. The Kier molecular flexibility index (Phi) is 9.58. The predicted octanol–water partition coefficient (Wildman–Crippen LogP) is 6.40. The molecule has 3 heterocycles. The number of fused-ring (bicyclic) bond motifs is 2. The number of rotatable bonds is 8. The molecule has 5 rings (SSSR count). The van der Waals surface area contributed by atoms with Crippen LogP contribution in [0.4, 0.5) is 10.0 Å². The first-order chi connectivity index (χ1) is 19.1. The van der Waals surface area contributed by atoms with Gasteiger partial charge >= 0.3 is 0 Å². The van der Waals surface area contributed by atoms with E-state index >= 15 is 0 Å². The summed E-state index contributed by atoms with van der Waals surface area (Å²) in [6.07, 6.45) is 10.5. The van der Waals surface area contributed by atoms with Crippen molar-refractivity contribution in [2.24, 2.45) is 0 Å². The molecule has 0 saturated heterocycles. The molecule has 8 nitrogen and oxygen atoms in total. The van der Waals surface area contributed by atoms with Crippen LogP contribution in [0.5, 0.6) is 0 Å². The minimum absolute atomic E-state index is 0.160. The number of aryl methyl sites for hydroxylation is 2. The molecule has 0 unspecified atom stereocenters. The topological polar surface area (TPSA) is 132 Å². The van der Waals surface area contributed by atoms with E-state index in [1.807, 2.05) is 0 Å². The second kappa shape index (κ2) is 13.3. The number of thiophene rings is 2. The normalized spacial score (nSPS) is 14.7. The fourth-order valence-corrected chi connectivity index (χ4v) is 9.92. The van der Waals surface area contributed by atoms with Crippen molar-refractivity contribution in [3.05, 3.63) is 32.0 Å². The van der Waals surface area contributed by atoms with Crippen LogP contribution in [0, 0.1) is 22.7 Å². The molecular weight excluding hydrogens is 589 g/mol. The average molecular weight is 615 g/mol. The lowest BCUT2D eigenvalue weighted by Gasteiger charge is -2.03. The Hall–Kier alpha value is -2.42. The molecule has 3 aromatic rings. The maximum Gasteiger partial charge on any atom is 0.235 e. The summed E-state index contributed by atoms with van der Waals surface area (Å²) in [6.45, 7) is 0. The van der Waals surface area contributed by atoms with Crippen molar-refractivity contribution in [3.63, 3.8) is 0 Å². The monoisotopic (exact) mass is 614 g/mol. The Morgan fingerprint density at radius 2 is 1.13 bits per heavy atom. The number of nitrogens with zero attached hydrogens (tertiary/aromatic N) is 4. The first-order valence-electron chi connectivity index (χ1n) is 12.8. The van der Waals surface area contributed by atoms with E-state index in [4.69, 9.17) is 0 Å². The van der Waals surface area contributed by atoms with Gasteiger partial charge in [0.1, 0.15) is 22.1 Å². The Morgan fingerprint density at radius 3 is 1.56 bits per heavy atom. The Morgan fingerprint density at radius 1 is 0.692 bits per heavy atom. The molecule has 3 aromatic heterocycles. The van der Waals surface area contributed by atoms with E-state index in [1.165, 1.54) is 80.1 Å². The summed E-state index contributed by atoms with van der Waals surface area (Å²) in [7, 11) is 0. The van der Waals surface area contributed by atoms with E-state index in [2.05, 4.69) is 33.0 Å². The number of nitrogens with one attached hydrogen (secondary N) is 2. The van der Waals surface area contributed by atoms with E-state index in [0.717, 1.165) is 62.5 Å². The van der Waals surface area contributed by atoms with Gasteiger partial charge in [0, 0.05) is 9.75 Å². The highest BCUT2D eigenvalue weighted by molar-refractivity contribution is 8.03. The van der Waals surface area contributed by atoms with Crippen LogP contribution in [-0.4, -0.2) is 33.5 Å². The van der Waals surface area contributed by atoms with Crippen LogP contribution in [0.3, 0.4) is 0 Å². The van der Waals surface area contributed by atoms with Gasteiger partial charge < -0.3 is 10.6 Å². The lowest BCUT2D eigenvalue weighted by molar-refractivity contribution is -0.114. The summed E-state index contributed by atoms with van der Waals surface area (Å²) in [6, 6.07) is 4.58. The molecule has 39 heavy (non-hydrogen) atoms. The van der Waals surface area contributed by atoms with Gasteiger partial charge in [-0.25, -0.2) is 0 Å². The van der Waals surface area contributed by atoms with E-state index in [1.54, 1.807) is 0 Å². The minimum Gasteiger partial charge on any atom is -0.316 e. The maximum absolute atomic E-state index is 12.6. The first kappa shape index (κ1) is 28.1. The predicted molar refractivity (Wildman–Crippen MR) is 159 cm³/mol. The summed E-state index contributed by atoms with van der Waals surface area (Å²) in [5.41, 5.74) is 3.44. The lowest BCUT2D eigenvalue weighted by Crippen LogP contribution is -2.14. The number of carbonyl (C=O) groups is 2. The third kappa shape index (κ3) is 6.84. The second-order valence-corrected chi connectivity index (χ2v) is 14.9. The molecule has 2 amide bonds. The van der Waals surface area contributed by atoms with E-state index < -0.39 is 0 Å². The van der Waals surface area contributed by atoms with Crippen molar-refractivity contribution in [2.75, 3.05) is 22.1 Å². The number of nitriles is 2. The number of anilines is 2. The van der Waals surface area contributed by atoms with Gasteiger partial charge in [-0.15, -0.1) is 32.9 Å². The van der Waals surface area contributed by atoms with Crippen molar-refractivity contribution < 1.29 is 9.59 Å². The number of hydrogen-bond acceptors (Lipinski definition) is 11. The number of thioether (sulfide) groups is 2. The Bertz CT molecular complexity index is 1350. The van der Waals surface area contributed by atoms with Gasteiger partial charge in [-0.3, -0.25) is 9.59 Å². The molecule has 0 bridgehead atoms. The largest absolute Gasteiger partial charge is 0.316 e. The van der Waals surface area contributed by atoms with Gasteiger partial charge in [-0.05, 0) is 62.5 Å². The highest BCUT2D eigenvalue weighted by Crippen LogP contribution is 2.38. The van der Waals surface area contributed by atoms with E-state index in [-0.39, 0.29) is 23.3 Å². The van der Waals surface area contributed by atoms with Crippen LogP contribution in [0.15, 0.2) is 8.68 Å². The van der Waals surface area contributed by atoms with Crippen LogP contribution >= 0.6 is 57.5 Å². The zero-order valence-electron chi connectivity index (χ0n) is 21.1. The van der Waals surface area contributed by atoms with E-state index in [9.17, 15) is 20.1 Å². The minimum atomic E-state index is -0.181. The smallest absolute Gasteiger partial charge is 0.235 e. The van der Waals surface area contributed by atoms with Crippen molar-refractivity contribution in [2.45, 2.75) is 72.9 Å². The fraction of sp³-hybridized carbons (Fsp3) is 0.462. The number of carbonyl (C=O) groups excluding carboxylic acids is 2. The van der Waals surface area contributed by atoms with Crippen molar-refractivity contribution in [3.8, 4) is 12.1 Å². The molecule has 0 aromatic carbocycles. The van der Waals surface area contributed by atoms with Crippen LogP contribution in [-0.2, 0) is 35.3 Å². The van der Waals surface area contributed by atoms with Crippen LogP contribution in [0.2, 0.25) is 0 Å². The third-order valence-electron chi connectivity index (χ3n) is 6.61. The standard InChI is InChI=1S/C26H26N6O2S5/c27-11-17-15-7-3-1-5-9-19(15)37-23(17)29-21(33)13-35-25-31-32-26(39-25)36-14-22(34)30-24-18(12-28)16-8-4-2-6-10-20(16)38-24/h1-10,13-14H2,(H,29,33)(H,30,34). The molecule has 0 atom stereocenters. The summed E-state index contributed by atoms with van der Waals surface area (Å²) < 4.78 is 1.29. The van der Waals surface area contributed by atoms with Crippen molar-refractivity contribution in [1.82, 2.24) is 10.2 Å². The van der Waals surface area contributed by atoms with Crippen LogP contribution < -0.4 is 10.6 Å². The van der Waals surface area contributed by atoms with Crippen molar-refractivity contribution >= 4 is 79.4 Å². The molecule has 2 aliphatic carbocycles. The van der Waals surface area contributed by atoms with E-state index in [0.29, 0.717) is 29.8 Å². The molecule has 0 aliphatic heterocycles. The van der Waals surface area contributed by atoms with Gasteiger partial charge in [0.25, 0.3) is 0 Å². The van der Waals surface area contributed by atoms with Gasteiger partial charge in [-0.2, -0.15) is 10.5 Å². The maximum atomic E-state index is 12.6. The third-order valence-corrected chi connectivity index (χ3v) is 12.2. The highest BCUT2D eigenvalue weighted by Gasteiger charge is 2.23. The quantitative estimate of drug-likeness (QED) is 0.220.